The average molecular weight is 525 g/mol. The molecule has 0 aliphatic carbocycles. The molecule has 5 heteroatoms. The van der Waals surface area contributed by atoms with Gasteiger partial charge in [-0.05, 0) is 32.2 Å². The molecule has 0 bridgehead atoms. The molecule has 3 N–H and O–H groups in total. The van der Waals surface area contributed by atoms with E-state index in [2.05, 4.69) is 19.2 Å². The highest BCUT2D eigenvalue weighted by Gasteiger charge is 2.22. The van der Waals surface area contributed by atoms with Crippen molar-refractivity contribution >= 4 is 11.9 Å². The number of nitrogens with two attached hydrogens (primary N) is 1. The quantitative estimate of drug-likeness (QED) is 0.0758. The number of nitrogens with one attached hydrogen (secondary N) is 1. The van der Waals surface area contributed by atoms with Gasteiger partial charge in [-0.15, -0.1) is 0 Å². The smallest absolute Gasteiger partial charge is 0.306 e. The van der Waals surface area contributed by atoms with Crippen molar-refractivity contribution in [1.29, 1.82) is 0 Å². The molecule has 0 spiro atoms. The molecule has 1 atom stereocenters. The Morgan fingerprint density at radius 2 is 1.08 bits per heavy atom. The van der Waals surface area contributed by atoms with Crippen LogP contribution in [-0.4, -0.2) is 31.6 Å². The molecule has 0 aromatic rings. The molecule has 0 aromatic heterocycles. The number of carbonyl (C=O) groups is 2. The van der Waals surface area contributed by atoms with Crippen LogP contribution in [0, 0.1) is 5.92 Å². The minimum absolute atomic E-state index is 0.000905. The molecule has 1 amide bonds. The maximum absolute atomic E-state index is 12.7. The van der Waals surface area contributed by atoms with Crippen LogP contribution < -0.4 is 11.1 Å². The summed E-state index contributed by atoms with van der Waals surface area (Å²) in [6, 6.07) is 0. The van der Waals surface area contributed by atoms with Gasteiger partial charge < -0.3 is 15.8 Å². The average Bonchev–Trinajstić information content (AvgIpc) is 2.89. The predicted molar refractivity (Wildman–Crippen MR) is 159 cm³/mol. The Bertz CT molecular complexity index is 498. The van der Waals surface area contributed by atoms with Gasteiger partial charge in [0.2, 0.25) is 5.91 Å². The third kappa shape index (κ3) is 26.3. The largest absolute Gasteiger partial charge is 0.466 e. The van der Waals surface area contributed by atoms with Gasteiger partial charge in [0.15, 0.2) is 0 Å². The Labute approximate surface area is 230 Å². The zero-order chi connectivity index (χ0) is 27.2. The fraction of sp³-hybridized carbons (Fsp3) is 0.938. The van der Waals surface area contributed by atoms with E-state index in [9.17, 15) is 9.59 Å². The fourth-order valence-corrected chi connectivity index (χ4v) is 4.86. The number of amides is 1. The fourth-order valence-electron chi connectivity index (χ4n) is 4.86. The third-order valence-corrected chi connectivity index (χ3v) is 7.38. The second-order valence-electron chi connectivity index (χ2n) is 11.1. The summed E-state index contributed by atoms with van der Waals surface area (Å²) in [4.78, 5) is 25.0. The predicted octanol–water partition coefficient (Wildman–Crippen LogP) is 8.62. The Balaban J connectivity index is 3.82. The van der Waals surface area contributed by atoms with Crippen molar-refractivity contribution in [3.05, 3.63) is 0 Å². The van der Waals surface area contributed by atoms with E-state index in [-0.39, 0.29) is 24.2 Å². The third-order valence-electron chi connectivity index (χ3n) is 7.38. The second-order valence-corrected chi connectivity index (χ2v) is 11.1. The molecule has 0 unspecified atom stereocenters. The van der Waals surface area contributed by atoms with E-state index >= 15 is 0 Å². The number of unbranched alkanes of at least 4 members (excludes halogenated alkanes) is 19. The first kappa shape index (κ1) is 35.9. The van der Waals surface area contributed by atoms with E-state index in [1.165, 1.54) is 103 Å². The summed E-state index contributed by atoms with van der Waals surface area (Å²) in [7, 11) is 0. The first-order chi connectivity index (χ1) is 18.2. The van der Waals surface area contributed by atoms with E-state index < -0.39 is 0 Å². The van der Waals surface area contributed by atoms with E-state index in [1.807, 2.05) is 0 Å². The molecule has 0 aromatic carbocycles. The van der Waals surface area contributed by atoms with Gasteiger partial charge in [-0.25, -0.2) is 0 Å². The van der Waals surface area contributed by atoms with Gasteiger partial charge in [0.1, 0.15) is 0 Å². The zero-order valence-electron chi connectivity index (χ0n) is 25.0. The molecular weight excluding hydrogens is 460 g/mol. The van der Waals surface area contributed by atoms with Crippen LogP contribution in [0.25, 0.3) is 0 Å². The standard InChI is InChI=1S/C32H64N2O3/c1-3-5-7-9-11-12-13-14-15-16-17-18-20-24-28-37-31(35)29-30(25-21-22-26-33)32(36)34-27-23-19-10-8-6-4-2/h30H,3-29,33H2,1-2H3,(H,34,36)/t30-/m1/s1. The highest BCUT2D eigenvalue weighted by molar-refractivity contribution is 5.83. The van der Waals surface area contributed by atoms with Crippen molar-refractivity contribution in [3.63, 3.8) is 0 Å². The molecular formula is C32H64N2O3. The topological polar surface area (TPSA) is 81.4 Å². The molecule has 0 aliphatic rings. The Hall–Kier alpha value is -1.10. The maximum Gasteiger partial charge on any atom is 0.306 e. The summed E-state index contributed by atoms with van der Waals surface area (Å²) >= 11 is 0. The van der Waals surface area contributed by atoms with E-state index in [4.69, 9.17) is 10.5 Å². The number of hydrogen-bond acceptors (Lipinski definition) is 4. The second kappa shape index (κ2) is 29.5. The van der Waals surface area contributed by atoms with Crippen LogP contribution in [0.15, 0.2) is 0 Å². The van der Waals surface area contributed by atoms with Crippen LogP contribution in [-0.2, 0) is 14.3 Å². The number of hydrogen-bond donors (Lipinski definition) is 2. The molecule has 0 rings (SSSR count). The molecule has 0 aliphatic heterocycles. The molecule has 37 heavy (non-hydrogen) atoms. The first-order valence-electron chi connectivity index (χ1n) is 16.3. The highest BCUT2D eigenvalue weighted by Crippen LogP contribution is 2.16. The first-order valence-corrected chi connectivity index (χ1v) is 16.3. The summed E-state index contributed by atoms with van der Waals surface area (Å²) in [5.41, 5.74) is 5.62. The Morgan fingerprint density at radius 3 is 1.57 bits per heavy atom. The molecule has 0 fully saturated rings. The molecule has 220 valence electrons. The van der Waals surface area contributed by atoms with Crippen molar-refractivity contribution in [1.82, 2.24) is 5.32 Å². The Morgan fingerprint density at radius 1 is 0.622 bits per heavy atom. The number of rotatable bonds is 29. The van der Waals surface area contributed by atoms with Crippen molar-refractivity contribution in [2.45, 2.75) is 168 Å². The van der Waals surface area contributed by atoms with E-state index in [1.54, 1.807) is 0 Å². The van der Waals surface area contributed by atoms with Gasteiger partial charge in [0, 0.05) is 12.5 Å². The lowest BCUT2D eigenvalue weighted by Crippen LogP contribution is -2.33. The monoisotopic (exact) mass is 524 g/mol. The summed E-state index contributed by atoms with van der Waals surface area (Å²) in [5, 5.41) is 3.05. The lowest BCUT2D eigenvalue weighted by atomic mass is 9.97. The van der Waals surface area contributed by atoms with Gasteiger partial charge in [-0.2, -0.15) is 0 Å². The number of carbonyl (C=O) groups excluding carboxylic acids is 2. The van der Waals surface area contributed by atoms with Gasteiger partial charge >= 0.3 is 5.97 Å². The summed E-state index contributed by atoms with van der Waals surface area (Å²) < 4.78 is 5.47. The highest BCUT2D eigenvalue weighted by atomic mass is 16.5. The molecule has 0 saturated heterocycles. The van der Waals surface area contributed by atoms with Crippen molar-refractivity contribution in [2.75, 3.05) is 19.7 Å². The van der Waals surface area contributed by atoms with Crippen LogP contribution in [0.2, 0.25) is 0 Å². The number of ether oxygens (including phenoxy) is 1. The van der Waals surface area contributed by atoms with Gasteiger partial charge in [0.05, 0.1) is 13.0 Å². The van der Waals surface area contributed by atoms with Crippen molar-refractivity contribution in [2.24, 2.45) is 11.7 Å². The van der Waals surface area contributed by atoms with Crippen LogP contribution in [0.5, 0.6) is 0 Å². The molecule has 5 nitrogen and oxygen atoms in total. The molecule has 0 saturated carbocycles. The summed E-state index contributed by atoms with van der Waals surface area (Å²) in [6.07, 6.45) is 28.2. The van der Waals surface area contributed by atoms with Gasteiger partial charge in [-0.3, -0.25) is 9.59 Å². The van der Waals surface area contributed by atoms with Crippen molar-refractivity contribution < 1.29 is 14.3 Å². The lowest BCUT2D eigenvalue weighted by Gasteiger charge is -2.16. The summed E-state index contributed by atoms with van der Waals surface area (Å²) in [6.45, 7) is 6.29. The van der Waals surface area contributed by atoms with E-state index in [0.29, 0.717) is 26.1 Å². The SMILES string of the molecule is CCCCCCCCCCCCCCCCOC(=O)C[C@@H](CCCCN)C(=O)NCCCCCCCC. The molecule has 0 radical (unpaired) electrons. The van der Waals surface area contributed by atoms with Crippen LogP contribution in [0.1, 0.15) is 168 Å². The van der Waals surface area contributed by atoms with E-state index in [0.717, 1.165) is 38.5 Å². The maximum atomic E-state index is 12.7. The van der Waals surface area contributed by atoms with Gasteiger partial charge in [-0.1, -0.05) is 136 Å². The van der Waals surface area contributed by atoms with Gasteiger partial charge in [0.25, 0.3) is 0 Å². The van der Waals surface area contributed by atoms with Crippen molar-refractivity contribution in [3.8, 4) is 0 Å². The van der Waals surface area contributed by atoms with Crippen LogP contribution in [0.4, 0.5) is 0 Å². The minimum Gasteiger partial charge on any atom is -0.466 e. The minimum atomic E-state index is -0.296. The van der Waals surface area contributed by atoms with Crippen LogP contribution in [0.3, 0.4) is 0 Å². The number of esters is 1. The van der Waals surface area contributed by atoms with Crippen LogP contribution >= 0.6 is 0 Å². The zero-order valence-corrected chi connectivity index (χ0v) is 25.0. The normalized spacial score (nSPS) is 12.0. The summed E-state index contributed by atoms with van der Waals surface area (Å²) in [5.74, 6) is -0.531. The Kier molecular flexibility index (Phi) is 28.6. The lowest BCUT2D eigenvalue weighted by molar-refractivity contribution is -0.147. The molecule has 0 heterocycles.